The van der Waals surface area contributed by atoms with E-state index in [2.05, 4.69) is 47.6 Å². The Kier molecular flexibility index (Phi) is 4.41. The lowest BCUT2D eigenvalue weighted by atomic mass is 9.80. The Bertz CT molecular complexity index is 530. The molecule has 2 aliphatic rings. The molecule has 0 bridgehead atoms. The molecule has 1 aromatic rings. The molecule has 0 N–H and O–H groups in total. The van der Waals surface area contributed by atoms with Crippen LogP contribution < -0.4 is 0 Å². The van der Waals surface area contributed by atoms with Gasteiger partial charge < -0.3 is 0 Å². The van der Waals surface area contributed by atoms with E-state index in [0.717, 1.165) is 18.7 Å². The molecule has 0 amide bonds. The third kappa shape index (κ3) is 3.70. The predicted molar refractivity (Wildman–Crippen MR) is 92.2 cm³/mol. The molecule has 0 radical (unpaired) electrons. The van der Waals surface area contributed by atoms with Crippen LogP contribution >= 0.6 is 12.8 Å². The van der Waals surface area contributed by atoms with E-state index >= 15 is 0 Å². The number of fused-ring (bicyclic) bond motifs is 1. The van der Waals surface area contributed by atoms with Crippen LogP contribution in [0, 0.1) is 5.41 Å². The van der Waals surface area contributed by atoms with Crippen molar-refractivity contribution >= 4 is 18.9 Å². The van der Waals surface area contributed by atoms with Gasteiger partial charge in [-0.3, -0.25) is 4.98 Å². The maximum Gasteiger partial charge on any atom is 0.0559 e. The molecule has 3 rings (SSSR count). The van der Waals surface area contributed by atoms with Crippen LogP contribution in [0.5, 0.6) is 0 Å². The molecule has 0 unspecified atom stereocenters. The van der Waals surface area contributed by atoms with Crippen LogP contribution in [-0.2, 0) is 13.0 Å². The fourth-order valence-electron chi connectivity index (χ4n) is 3.47. The van der Waals surface area contributed by atoms with Crippen molar-refractivity contribution in [2.45, 2.75) is 65.0 Å². The number of pyridine rings is 1. The average molecular weight is 302 g/mol. The van der Waals surface area contributed by atoms with E-state index in [-0.39, 0.29) is 5.41 Å². The monoisotopic (exact) mass is 302 g/mol. The van der Waals surface area contributed by atoms with E-state index in [0.29, 0.717) is 6.04 Å². The molecule has 114 valence electrons. The number of nitrogens with zero attached hydrogens (tertiary/aromatic N) is 2. The highest BCUT2D eigenvalue weighted by Crippen LogP contribution is 2.32. The third-order valence-corrected chi connectivity index (χ3v) is 5.23. The first kappa shape index (κ1) is 15.1. The Morgan fingerprint density at radius 2 is 2.05 bits per heavy atom. The standard InChI is InChI=1S/C18H26N2S/c1-18(2)9-8-14-10-16(19-12-15(14)11-18)13-20(21)17-6-4-3-5-7-17/h8-10,12,17,21H,3-7,11,13H2,1-2H3. The van der Waals surface area contributed by atoms with Gasteiger partial charge in [-0.25, -0.2) is 4.31 Å². The fourth-order valence-corrected chi connectivity index (χ4v) is 3.85. The molecule has 3 heteroatoms. The molecule has 0 aliphatic heterocycles. The molecule has 0 atom stereocenters. The molecular formula is C18H26N2S. The molecule has 0 spiro atoms. The number of hydrogen-bond donors (Lipinski definition) is 1. The topological polar surface area (TPSA) is 16.1 Å². The van der Waals surface area contributed by atoms with Crippen LogP contribution in [-0.4, -0.2) is 15.3 Å². The zero-order valence-electron chi connectivity index (χ0n) is 13.2. The second kappa shape index (κ2) is 6.13. The summed E-state index contributed by atoms with van der Waals surface area (Å²) in [5.41, 5.74) is 4.10. The molecule has 1 heterocycles. The number of rotatable bonds is 3. The Balaban J connectivity index is 1.69. The fraction of sp³-hybridized carbons (Fsp3) is 0.611. The molecule has 0 saturated heterocycles. The summed E-state index contributed by atoms with van der Waals surface area (Å²) < 4.78 is 2.20. The summed E-state index contributed by atoms with van der Waals surface area (Å²) in [7, 11) is 0. The van der Waals surface area contributed by atoms with E-state index in [1.807, 2.05) is 0 Å². The van der Waals surface area contributed by atoms with Gasteiger partial charge in [0, 0.05) is 12.2 Å². The molecule has 1 saturated carbocycles. The van der Waals surface area contributed by atoms with Crippen molar-refractivity contribution in [1.29, 1.82) is 0 Å². The van der Waals surface area contributed by atoms with Crippen molar-refractivity contribution in [2.24, 2.45) is 5.41 Å². The summed E-state index contributed by atoms with van der Waals surface area (Å²) in [5, 5.41) is 0. The summed E-state index contributed by atoms with van der Waals surface area (Å²) >= 11 is 4.71. The summed E-state index contributed by atoms with van der Waals surface area (Å²) in [6.07, 6.45) is 14.4. The van der Waals surface area contributed by atoms with Crippen LogP contribution in [0.25, 0.3) is 6.08 Å². The van der Waals surface area contributed by atoms with Crippen molar-refractivity contribution in [1.82, 2.24) is 9.29 Å². The number of thiol groups is 1. The van der Waals surface area contributed by atoms with Gasteiger partial charge >= 0.3 is 0 Å². The largest absolute Gasteiger partial charge is 0.260 e. The van der Waals surface area contributed by atoms with Gasteiger partial charge in [-0.1, -0.05) is 58.1 Å². The lowest BCUT2D eigenvalue weighted by Gasteiger charge is -2.30. The number of allylic oxidation sites excluding steroid dienone is 1. The lowest BCUT2D eigenvalue weighted by molar-refractivity contribution is 0.268. The highest BCUT2D eigenvalue weighted by atomic mass is 32.1. The van der Waals surface area contributed by atoms with Crippen LogP contribution in [0.3, 0.4) is 0 Å². The van der Waals surface area contributed by atoms with E-state index < -0.39 is 0 Å². The smallest absolute Gasteiger partial charge is 0.0559 e. The van der Waals surface area contributed by atoms with Gasteiger partial charge in [-0.15, -0.1) is 0 Å². The molecule has 1 fully saturated rings. The van der Waals surface area contributed by atoms with Crippen LogP contribution in [0.2, 0.25) is 0 Å². The Morgan fingerprint density at radius 3 is 2.81 bits per heavy atom. The summed E-state index contributed by atoms with van der Waals surface area (Å²) in [5.74, 6) is 0. The van der Waals surface area contributed by atoms with Crippen molar-refractivity contribution in [3.05, 3.63) is 35.2 Å². The molecular weight excluding hydrogens is 276 g/mol. The van der Waals surface area contributed by atoms with Gasteiger partial charge in [-0.05, 0) is 41.9 Å². The van der Waals surface area contributed by atoms with Crippen molar-refractivity contribution < 1.29 is 0 Å². The number of aromatic nitrogens is 1. The summed E-state index contributed by atoms with van der Waals surface area (Å²) in [6.45, 7) is 5.40. The van der Waals surface area contributed by atoms with Gasteiger partial charge in [0.1, 0.15) is 0 Å². The predicted octanol–water partition coefficient (Wildman–Crippen LogP) is 4.66. The molecule has 2 aliphatic carbocycles. The molecule has 1 aromatic heterocycles. The normalized spacial score (nSPS) is 21.5. The number of hydrogen-bond acceptors (Lipinski definition) is 3. The zero-order chi connectivity index (χ0) is 14.9. The van der Waals surface area contributed by atoms with Gasteiger partial charge in [0.05, 0.1) is 12.2 Å². The van der Waals surface area contributed by atoms with Gasteiger partial charge in [0.25, 0.3) is 0 Å². The third-order valence-electron chi connectivity index (χ3n) is 4.76. The van der Waals surface area contributed by atoms with E-state index in [9.17, 15) is 0 Å². The van der Waals surface area contributed by atoms with Gasteiger partial charge in [0.15, 0.2) is 0 Å². The summed E-state index contributed by atoms with van der Waals surface area (Å²) in [4.78, 5) is 4.67. The highest BCUT2D eigenvalue weighted by molar-refractivity contribution is 7.77. The van der Waals surface area contributed by atoms with Crippen LogP contribution in [0.4, 0.5) is 0 Å². The minimum absolute atomic E-state index is 0.258. The Morgan fingerprint density at radius 1 is 1.29 bits per heavy atom. The average Bonchev–Trinajstić information content (AvgIpc) is 2.48. The first-order chi connectivity index (χ1) is 10.0. The van der Waals surface area contributed by atoms with Crippen LogP contribution in [0.15, 0.2) is 18.3 Å². The SMILES string of the molecule is CC1(C)C=Cc2cc(CN(S)C3CCCCC3)ncc2C1. The van der Waals surface area contributed by atoms with Gasteiger partial charge in [0.2, 0.25) is 0 Å². The first-order valence-electron chi connectivity index (χ1n) is 8.16. The quantitative estimate of drug-likeness (QED) is 0.818. The lowest BCUT2D eigenvalue weighted by Crippen LogP contribution is -2.29. The van der Waals surface area contributed by atoms with E-state index in [1.165, 1.54) is 43.2 Å². The second-order valence-electron chi connectivity index (χ2n) is 7.26. The maximum atomic E-state index is 4.71. The second-order valence-corrected chi connectivity index (χ2v) is 7.78. The minimum Gasteiger partial charge on any atom is -0.260 e. The zero-order valence-corrected chi connectivity index (χ0v) is 14.1. The van der Waals surface area contributed by atoms with Crippen molar-refractivity contribution in [3.63, 3.8) is 0 Å². The first-order valence-corrected chi connectivity index (χ1v) is 8.56. The van der Waals surface area contributed by atoms with Crippen molar-refractivity contribution in [2.75, 3.05) is 0 Å². The van der Waals surface area contributed by atoms with Crippen LogP contribution in [0.1, 0.15) is 62.8 Å². The molecule has 2 nitrogen and oxygen atoms in total. The Labute approximate surface area is 134 Å². The molecule has 0 aromatic carbocycles. The maximum absolute atomic E-state index is 4.71. The highest BCUT2D eigenvalue weighted by Gasteiger charge is 2.22. The Hall–Kier alpha value is -0.800. The summed E-state index contributed by atoms with van der Waals surface area (Å²) in [6, 6.07) is 2.86. The van der Waals surface area contributed by atoms with E-state index in [4.69, 9.17) is 12.8 Å². The van der Waals surface area contributed by atoms with Crippen molar-refractivity contribution in [3.8, 4) is 0 Å². The van der Waals surface area contributed by atoms with E-state index in [1.54, 1.807) is 0 Å². The minimum atomic E-state index is 0.258. The van der Waals surface area contributed by atoms with Gasteiger partial charge in [-0.2, -0.15) is 0 Å². The molecule has 21 heavy (non-hydrogen) atoms.